The Bertz CT molecular complexity index is 161. The van der Waals surface area contributed by atoms with E-state index in [9.17, 15) is 9.90 Å². The number of amides is 1. The summed E-state index contributed by atoms with van der Waals surface area (Å²) < 4.78 is 0. The minimum Gasteiger partial charge on any atom is -0.391 e. The minimum atomic E-state index is -0.427. The maximum Gasteiger partial charge on any atom is 0.219 e. The summed E-state index contributed by atoms with van der Waals surface area (Å²) in [5.74, 6) is -0.00278. The number of hydrogen-bond donors (Lipinski definition) is 2. The van der Waals surface area contributed by atoms with Crippen LogP contribution in [-0.4, -0.2) is 41.1 Å². The van der Waals surface area contributed by atoms with Crippen LogP contribution in [0, 0.1) is 0 Å². The van der Waals surface area contributed by atoms with E-state index in [1.54, 1.807) is 4.90 Å². The summed E-state index contributed by atoms with van der Waals surface area (Å²) in [7, 11) is 0. The lowest BCUT2D eigenvalue weighted by Crippen LogP contribution is -2.43. The monoisotopic (exact) mass is 158 g/mol. The van der Waals surface area contributed by atoms with Crippen molar-refractivity contribution in [2.75, 3.05) is 13.1 Å². The largest absolute Gasteiger partial charge is 0.391 e. The van der Waals surface area contributed by atoms with E-state index in [1.807, 2.05) is 0 Å². The molecule has 1 aliphatic heterocycles. The lowest BCUT2D eigenvalue weighted by molar-refractivity contribution is -0.130. The Morgan fingerprint density at radius 3 is 2.82 bits per heavy atom. The molecule has 4 heteroatoms. The topological polar surface area (TPSA) is 66.6 Å². The summed E-state index contributed by atoms with van der Waals surface area (Å²) in [6, 6.07) is -0.160. The zero-order valence-electron chi connectivity index (χ0n) is 6.66. The van der Waals surface area contributed by atoms with Gasteiger partial charge in [0.1, 0.15) is 0 Å². The lowest BCUT2D eigenvalue weighted by Gasteiger charge is -2.23. The first kappa shape index (κ1) is 8.49. The second-order valence-electron chi connectivity index (χ2n) is 2.87. The number of hydrogen-bond acceptors (Lipinski definition) is 3. The third-order valence-corrected chi connectivity index (χ3v) is 2.16. The second kappa shape index (κ2) is 3.19. The van der Waals surface area contributed by atoms with E-state index >= 15 is 0 Å². The van der Waals surface area contributed by atoms with E-state index in [2.05, 4.69) is 0 Å². The van der Waals surface area contributed by atoms with Gasteiger partial charge < -0.3 is 15.7 Å². The summed E-state index contributed by atoms with van der Waals surface area (Å²) in [4.78, 5) is 12.5. The Morgan fingerprint density at radius 2 is 2.45 bits per heavy atom. The molecule has 0 aromatic carbocycles. The van der Waals surface area contributed by atoms with Gasteiger partial charge in [-0.2, -0.15) is 0 Å². The average Bonchev–Trinajstić information content (AvgIpc) is 2.30. The summed E-state index contributed by atoms with van der Waals surface area (Å²) in [6.07, 6.45) is 0.227. The van der Waals surface area contributed by atoms with Crippen LogP contribution >= 0.6 is 0 Å². The van der Waals surface area contributed by atoms with Crippen molar-refractivity contribution in [1.82, 2.24) is 4.90 Å². The van der Waals surface area contributed by atoms with Crippen molar-refractivity contribution in [1.29, 1.82) is 0 Å². The van der Waals surface area contributed by atoms with Gasteiger partial charge >= 0.3 is 0 Å². The first-order valence-electron chi connectivity index (χ1n) is 3.82. The van der Waals surface area contributed by atoms with E-state index in [0.29, 0.717) is 19.5 Å². The van der Waals surface area contributed by atoms with Crippen LogP contribution in [0.2, 0.25) is 0 Å². The number of carbonyl (C=O) groups is 1. The smallest absolute Gasteiger partial charge is 0.219 e. The maximum absolute atomic E-state index is 10.9. The fraction of sp³-hybridized carbons (Fsp3) is 0.857. The van der Waals surface area contributed by atoms with Crippen molar-refractivity contribution in [3.8, 4) is 0 Å². The number of aliphatic hydroxyl groups excluding tert-OH is 1. The molecule has 0 aliphatic carbocycles. The summed E-state index contributed by atoms with van der Waals surface area (Å²) >= 11 is 0. The number of nitrogens with two attached hydrogens (primary N) is 1. The Balaban J connectivity index is 2.61. The molecule has 11 heavy (non-hydrogen) atoms. The number of carbonyl (C=O) groups excluding carboxylic acids is 1. The first-order chi connectivity index (χ1) is 5.16. The van der Waals surface area contributed by atoms with Gasteiger partial charge in [-0.25, -0.2) is 0 Å². The number of likely N-dealkylation sites (tertiary alicyclic amines) is 1. The van der Waals surface area contributed by atoms with Gasteiger partial charge in [0.05, 0.1) is 12.1 Å². The molecule has 0 aromatic heterocycles. The highest BCUT2D eigenvalue weighted by Crippen LogP contribution is 2.16. The molecule has 4 nitrogen and oxygen atoms in total. The molecule has 1 amide bonds. The Hall–Kier alpha value is -0.610. The van der Waals surface area contributed by atoms with Crippen molar-refractivity contribution in [2.24, 2.45) is 5.73 Å². The molecule has 0 bridgehead atoms. The van der Waals surface area contributed by atoms with Crippen LogP contribution in [0.1, 0.15) is 13.3 Å². The number of nitrogens with zero attached hydrogens (tertiary/aromatic N) is 1. The summed E-state index contributed by atoms with van der Waals surface area (Å²) in [5, 5.41) is 9.33. The Labute approximate surface area is 66.0 Å². The molecule has 1 fully saturated rings. The highest BCUT2D eigenvalue weighted by Gasteiger charge is 2.32. The normalized spacial score (nSPS) is 31.0. The third kappa shape index (κ3) is 1.52. The maximum atomic E-state index is 10.9. The van der Waals surface area contributed by atoms with Crippen LogP contribution in [-0.2, 0) is 4.79 Å². The molecule has 3 N–H and O–H groups in total. The van der Waals surface area contributed by atoms with Crippen molar-refractivity contribution in [3.05, 3.63) is 0 Å². The predicted molar refractivity (Wildman–Crippen MR) is 40.9 cm³/mol. The van der Waals surface area contributed by atoms with Gasteiger partial charge in [-0.15, -0.1) is 0 Å². The van der Waals surface area contributed by atoms with Gasteiger partial charge in [-0.1, -0.05) is 0 Å². The Morgan fingerprint density at radius 1 is 1.82 bits per heavy atom. The highest BCUT2D eigenvalue weighted by molar-refractivity contribution is 5.74. The van der Waals surface area contributed by atoms with Gasteiger partial charge in [0.2, 0.25) is 5.91 Å². The molecular weight excluding hydrogens is 144 g/mol. The van der Waals surface area contributed by atoms with Crippen LogP contribution in [0.25, 0.3) is 0 Å². The fourth-order valence-corrected chi connectivity index (χ4v) is 1.51. The number of aliphatic hydroxyl groups is 1. The van der Waals surface area contributed by atoms with Gasteiger partial charge in [0.25, 0.3) is 0 Å². The van der Waals surface area contributed by atoms with E-state index in [-0.39, 0.29) is 11.9 Å². The van der Waals surface area contributed by atoms with Gasteiger partial charge in [-0.05, 0) is 6.42 Å². The second-order valence-corrected chi connectivity index (χ2v) is 2.87. The van der Waals surface area contributed by atoms with Crippen LogP contribution < -0.4 is 5.73 Å². The van der Waals surface area contributed by atoms with Crippen LogP contribution in [0.4, 0.5) is 0 Å². The summed E-state index contributed by atoms with van der Waals surface area (Å²) in [6.45, 7) is 2.49. The fourth-order valence-electron chi connectivity index (χ4n) is 1.51. The van der Waals surface area contributed by atoms with Crippen molar-refractivity contribution in [2.45, 2.75) is 25.5 Å². The average molecular weight is 158 g/mol. The standard InChI is InChI=1S/C7H14N2O2/c1-5(10)9-3-2-7(11)6(9)4-8/h6-7,11H,2-4,8H2,1H3/t6-,7+/m1/s1. The molecular formula is C7H14N2O2. The van der Waals surface area contributed by atoms with Gasteiger partial charge in [-0.3, -0.25) is 4.79 Å². The van der Waals surface area contributed by atoms with Crippen molar-refractivity contribution >= 4 is 5.91 Å². The zero-order valence-corrected chi connectivity index (χ0v) is 6.66. The van der Waals surface area contributed by atoms with E-state index < -0.39 is 6.10 Å². The molecule has 1 saturated heterocycles. The molecule has 1 aliphatic rings. The van der Waals surface area contributed by atoms with Crippen molar-refractivity contribution in [3.63, 3.8) is 0 Å². The predicted octanol–water partition coefficient (Wildman–Crippen LogP) is -1.07. The first-order valence-corrected chi connectivity index (χ1v) is 3.82. The van der Waals surface area contributed by atoms with Gasteiger partial charge in [0, 0.05) is 20.0 Å². The van der Waals surface area contributed by atoms with Crippen LogP contribution in [0.5, 0.6) is 0 Å². The van der Waals surface area contributed by atoms with E-state index in [0.717, 1.165) is 0 Å². The highest BCUT2D eigenvalue weighted by atomic mass is 16.3. The molecule has 0 aromatic rings. The Kier molecular flexibility index (Phi) is 2.46. The molecule has 64 valence electrons. The zero-order chi connectivity index (χ0) is 8.43. The molecule has 0 spiro atoms. The molecule has 1 heterocycles. The summed E-state index contributed by atoms with van der Waals surface area (Å²) in [5.41, 5.74) is 5.40. The van der Waals surface area contributed by atoms with Crippen LogP contribution in [0.3, 0.4) is 0 Å². The van der Waals surface area contributed by atoms with E-state index in [1.165, 1.54) is 6.92 Å². The number of rotatable bonds is 1. The van der Waals surface area contributed by atoms with Crippen molar-refractivity contribution < 1.29 is 9.90 Å². The molecule has 0 unspecified atom stereocenters. The molecule has 0 radical (unpaired) electrons. The van der Waals surface area contributed by atoms with Crippen LogP contribution in [0.15, 0.2) is 0 Å². The molecule has 0 saturated carbocycles. The third-order valence-electron chi connectivity index (χ3n) is 2.16. The minimum absolute atomic E-state index is 0.00278. The van der Waals surface area contributed by atoms with Gasteiger partial charge in [0.15, 0.2) is 0 Å². The lowest BCUT2D eigenvalue weighted by atomic mass is 10.2. The quantitative estimate of drug-likeness (QED) is 0.510. The SMILES string of the molecule is CC(=O)N1CC[C@H](O)[C@H]1CN. The molecule has 2 atom stereocenters. The van der Waals surface area contributed by atoms with E-state index in [4.69, 9.17) is 5.73 Å². The molecule has 1 rings (SSSR count).